The summed E-state index contributed by atoms with van der Waals surface area (Å²) in [5.41, 5.74) is 0. The van der Waals surface area contributed by atoms with Crippen molar-refractivity contribution in [3.8, 4) is 0 Å². The molecule has 0 bridgehead atoms. The molecule has 0 spiro atoms. The lowest BCUT2D eigenvalue weighted by Gasteiger charge is -2.17. The minimum Gasteiger partial charge on any atom is -0.129 e. The number of benzene rings is 2. The van der Waals surface area contributed by atoms with Gasteiger partial charge in [-0.25, -0.2) is 0 Å². The maximum absolute atomic E-state index is 2.51. The SMILES string of the molecule is C[Si](C)(C)C1=c2sc3c([Si](C)(C)C)c(Sc4ccccc4)sc3c2=[S+]C1=[S+]c1ccccc1. The summed E-state index contributed by atoms with van der Waals surface area (Å²) in [5, 5.41) is 3.34. The van der Waals surface area contributed by atoms with Crippen LogP contribution in [0.5, 0.6) is 0 Å². The Kier molecular flexibility index (Phi) is 6.44. The molecule has 0 fully saturated rings. The Balaban J connectivity index is 1.77. The van der Waals surface area contributed by atoms with E-state index in [1.165, 1.54) is 27.4 Å². The minimum atomic E-state index is -1.51. The summed E-state index contributed by atoms with van der Waals surface area (Å²) in [6, 6.07) is 21.8. The molecule has 0 atom stereocenters. The Bertz CT molecular complexity index is 1480. The molecule has 2 aromatic heterocycles. The summed E-state index contributed by atoms with van der Waals surface area (Å²) in [6.07, 6.45) is 0. The van der Waals surface area contributed by atoms with Crippen molar-refractivity contribution in [3.63, 3.8) is 0 Å². The highest BCUT2D eigenvalue weighted by Gasteiger charge is 2.45. The predicted molar refractivity (Wildman–Crippen MR) is 163 cm³/mol. The quantitative estimate of drug-likeness (QED) is 0.141. The van der Waals surface area contributed by atoms with Crippen LogP contribution in [0.15, 0.2) is 74.7 Å². The first-order valence-corrected chi connectivity index (χ1v) is 22.2. The molecule has 2 aromatic carbocycles. The molecule has 0 radical (unpaired) electrons. The fraction of sp³-hybridized carbons (Fsp3) is 0.231. The Hall–Kier alpha value is -0.936. The smallest absolute Gasteiger partial charge is 0.129 e. The van der Waals surface area contributed by atoms with Gasteiger partial charge >= 0.3 is 4.20 Å². The van der Waals surface area contributed by atoms with Crippen LogP contribution in [-0.4, -0.2) is 20.3 Å². The monoisotopic (exact) mass is 556 g/mol. The van der Waals surface area contributed by atoms with Gasteiger partial charge in [-0.2, -0.15) is 0 Å². The summed E-state index contributed by atoms with van der Waals surface area (Å²) < 4.78 is 9.27. The zero-order valence-electron chi connectivity index (χ0n) is 19.8. The van der Waals surface area contributed by atoms with Crippen molar-refractivity contribution in [1.82, 2.24) is 0 Å². The van der Waals surface area contributed by atoms with E-state index >= 15 is 0 Å². The molecule has 1 aliphatic rings. The van der Waals surface area contributed by atoms with Gasteiger partial charge in [-0.15, -0.1) is 22.7 Å². The number of rotatable bonds is 5. The average Bonchev–Trinajstić information content (AvgIpc) is 3.36. The van der Waals surface area contributed by atoms with Crippen molar-refractivity contribution in [2.45, 2.75) is 53.3 Å². The van der Waals surface area contributed by atoms with Gasteiger partial charge < -0.3 is 0 Å². The summed E-state index contributed by atoms with van der Waals surface area (Å²) in [5.74, 6) is 0. The Morgan fingerprint density at radius 2 is 1.39 bits per heavy atom. The lowest BCUT2D eigenvalue weighted by atomic mass is 10.4. The molecular weight excluding hydrogens is 529 g/mol. The standard InChI is InChI=1S/C26H28S5Si2/c1-32(2,3)23-21-19(30-25(23)27-17-13-9-7-10-14-17)20-22(29-21)24(33(4,5)6)26(31-20)28-18-15-11-8-12-16-18/h7-16H,1-6H3/q+2. The molecule has 3 heterocycles. The zero-order valence-corrected chi connectivity index (χ0v) is 25.9. The van der Waals surface area contributed by atoms with E-state index < -0.39 is 16.1 Å². The molecule has 0 amide bonds. The van der Waals surface area contributed by atoms with Crippen LogP contribution in [0.25, 0.3) is 14.6 Å². The van der Waals surface area contributed by atoms with E-state index in [9.17, 15) is 0 Å². The summed E-state index contributed by atoms with van der Waals surface area (Å²) in [7, 11) is -3.01. The van der Waals surface area contributed by atoms with Gasteiger partial charge in [-0.05, 0) is 17.3 Å². The van der Waals surface area contributed by atoms with Crippen LogP contribution in [0.3, 0.4) is 0 Å². The van der Waals surface area contributed by atoms with E-state index in [0.29, 0.717) is 0 Å². The third-order valence-electron chi connectivity index (χ3n) is 5.48. The molecule has 0 nitrogen and oxygen atoms in total. The van der Waals surface area contributed by atoms with Crippen molar-refractivity contribution >= 4 is 97.3 Å². The van der Waals surface area contributed by atoms with E-state index in [2.05, 4.69) is 111 Å². The van der Waals surface area contributed by atoms with Crippen molar-refractivity contribution in [2.75, 3.05) is 0 Å². The van der Waals surface area contributed by atoms with E-state index in [1.54, 1.807) is 19.6 Å². The van der Waals surface area contributed by atoms with Crippen LogP contribution in [0.1, 0.15) is 0 Å². The van der Waals surface area contributed by atoms with Crippen molar-refractivity contribution < 1.29 is 0 Å². The van der Waals surface area contributed by atoms with Crippen LogP contribution in [0.2, 0.25) is 39.3 Å². The van der Waals surface area contributed by atoms with Gasteiger partial charge in [0.15, 0.2) is 0 Å². The second-order valence-electron chi connectivity index (χ2n) is 10.3. The highest BCUT2D eigenvalue weighted by molar-refractivity contribution is 8.07. The first-order chi connectivity index (χ1) is 15.6. The molecule has 7 heteroatoms. The minimum absolute atomic E-state index is 1.34. The van der Waals surface area contributed by atoms with Crippen molar-refractivity contribution in [1.29, 1.82) is 0 Å². The van der Waals surface area contributed by atoms with Crippen molar-refractivity contribution in [2.24, 2.45) is 0 Å². The van der Waals surface area contributed by atoms with Crippen LogP contribution >= 0.6 is 34.4 Å². The number of hydrogen-bond donors (Lipinski definition) is 0. The van der Waals surface area contributed by atoms with Gasteiger partial charge in [0, 0.05) is 17.0 Å². The lowest BCUT2D eigenvalue weighted by molar-refractivity contribution is 1.46. The number of fused-ring (bicyclic) bond motifs is 3. The fourth-order valence-corrected chi connectivity index (χ4v) is 20.0. The van der Waals surface area contributed by atoms with Gasteiger partial charge in [0.1, 0.15) is 9.23 Å². The molecule has 0 saturated carbocycles. The lowest BCUT2D eigenvalue weighted by Crippen LogP contribution is -2.38. The van der Waals surface area contributed by atoms with Crippen molar-refractivity contribution in [3.05, 3.63) is 69.7 Å². The van der Waals surface area contributed by atoms with Crippen LogP contribution in [0.4, 0.5) is 0 Å². The maximum Gasteiger partial charge on any atom is 0.478 e. The molecule has 1 aliphatic heterocycles. The van der Waals surface area contributed by atoms with Gasteiger partial charge in [0.25, 0.3) is 27.2 Å². The first-order valence-electron chi connectivity index (χ1n) is 11.1. The van der Waals surface area contributed by atoms with Gasteiger partial charge in [-0.1, -0.05) is 87.4 Å². The second-order valence-corrected chi connectivity index (χ2v) is 26.0. The van der Waals surface area contributed by atoms with E-state index in [1.807, 2.05) is 45.8 Å². The normalized spacial score (nSPS) is 15.3. The highest BCUT2D eigenvalue weighted by atomic mass is 32.2. The van der Waals surface area contributed by atoms with E-state index in [-0.39, 0.29) is 0 Å². The molecule has 0 unspecified atom stereocenters. The molecule has 33 heavy (non-hydrogen) atoms. The molecular formula is C26H28S5Si2+2. The van der Waals surface area contributed by atoms with Gasteiger partial charge in [0.2, 0.25) is 4.90 Å². The summed E-state index contributed by atoms with van der Waals surface area (Å²) in [4.78, 5) is 2.69. The third kappa shape index (κ3) is 4.66. The molecule has 168 valence electrons. The van der Waals surface area contributed by atoms with Crippen LogP contribution in [0, 0.1) is 4.51 Å². The first kappa shape index (κ1) is 23.8. The molecule has 5 rings (SSSR count). The molecule has 0 N–H and O–H groups in total. The number of hydrogen-bond acceptors (Lipinski definition) is 3. The van der Waals surface area contributed by atoms with E-state index in [0.717, 1.165) is 0 Å². The maximum atomic E-state index is 2.51. The third-order valence-corrected chi connectivity index (χ3v) is 17.0. The number of thiophene rings is 2. The largest absolute Gasteiger partial charge is 0.478 e. The zero-order chi connectivity index (χ0) is 23.4. The Labute approximate surface area is 218 Å². The topological polar surface area (TPSA) is 0 Å². The molecule has 0 aliphatic carbocycles. The average molecular weight is 557 g/mol. The summed E-state index contributed by atoms with van der Waals surface area (Å²) >= 11 is 10.1. The molecule has 4 aromatic rings. The Morgan fingerprint density at radius 1 is 0.758 bits per heavy atom. The van der Waals surface area contributed by atoms with E-state index in [4.69, 9.17) is 0 Å². The van der Waals surface area contributed by atoms with Crippen LogP contribution in [-0.2, 0) is 22.7 Å². The molecule has 0 saturated heterocycles. The fourth-order valence-electron chi connectivity index (χ4n) is 4.02. The van der Waals surface area contributed by atoms with Crippen LogP contribution < -0.4 is 9.72 Å². The predicted octanol–water partition coefficient (Wildman–Crippen LogP) is 7.31. The second kappa shape index (κ2) is 8.93. The highest BCUT2D eigenvalue weighted by Crippen LogP contribution is 2.40. The van der Waals surface area contributed by atoms with Gasteiger partial charge in [-0.3, -0.25) is 0 Å². The van der Waals surface area contributed by atoms with Gasteiger partial charge in [0.05, 0.1) is 30.3 Å². The summed E-state index contributed by atoms with van der Waals surface area (Å²) in [6.45, 7) is 15.0. The Morgan fingerprint density at radius 3 is 2.00 bits per heavy atom.